The van der Waals surface area contributed by atoms with E-state index in [0.717, 1.165) is 22.3 Å². The molecule has 8 nitrogen and oxygen atoms in total. The van der Waals surface area contributed by atoms with Crippen molar-refractivity contribution in [1.82, 2.24) is 15.5 Å². The molecule has 2 atom stereocenters. The lowest BCUT2D eigenvalue weighted by Gasteiger charge is -2.18. The lowest BCUT2D eigenvalue weighted by molar-refractivity contribution is 0.0154. The smallest absolute Gasteiger partial charge is 0.407 e. The number of carbonyl (C=O) groups excluding carboxylic acids is 1. The molecule has 1 heterocycles. The van der Waals surface area contributed by atoms with Crippen LogP contribution < -0.4 is 10.1 Å². The third-order valence-electron chi connectivity index (χ3n) is 5.34. The van der Waals surface area contributed by atoms with Gasteiger partial charge in [-0.3, -0.25) is 0 Å². The number of benzene rings is 2. The highest BCUT2D eigenvalue weighted by molar-refractivity contribution is 5.79. The molecule has 1 aliphatic carbocycles. The minimum atomic E-state index is -1.31. The standard InChI is InChI=1S/C23H23N3O5/c1-30-21-11-10-19(25-26-21)22(28)20(27)12-24-23(29)31-13-18-16-8-4-2-6-14(16)15-7-3-5-9-17(15)18/h2-11,18,20,22,27-28H,12-13H2,1H3,(H,24,29). The highest BCUT2D eigenvalue weighted by atomic mass is 16.5. The van der Waals surface area contributed by atoms with Crippen molar-refractivity contribution < 1.29 is 24.5 Å². The first-order valence-electron chi connectivity index (χ1n) is 9.91. The van der Waals surface area contributed by atoms with Crippen LogP contribution in [0.2, 0.25) is 0 Å². The van der Waals surface area contributed by atoms with Gasteiger partial charge in [-0.15, -0.1) is 10.2 Å². The zero-order chi connectivity index (χ0) is 21.8. The number of nitrogens with one attached hydrogen (secondary N) is 1. The van der Waals surface area contributed by atoms with E-state index in [0.29, 0.717) is 5.88 Å². The molecule has 0 radical (unpaired) electrons. The summed E-state index contributed by atoms with van der Waals surface area (Å²) in [5.41, 5.74) is 4.69. The first-order valence-corrected chi connectivity index (χ1v) is 9.91. The summed E-state index contributed by atoms with van der Waals surface area (Å²) in [7, 11) is 1.45. The van der Waals surface area contributed by atoms with Crippen LogP contribution in [0.5, 0.6) is 5.88 Å². The number of methoxy groups -OCH3 is 1. The molecule has 2 unspecified atom stereocenters. The molecule has 3 N–H and O–H groups in total. The number of fused-ring (bicyclic) bond motifs is 3. The summed E-state index contributed by atoms with van der Waals surface area (Å²) in [5.74, 6) is 0.241. The highest BCUT2D eigenvalue weighted by Gasteiger charge is 2.29. The van der Waals surface area contributed by atoms with Gasteiger partial charge in [0.15, 0.2) is 0 Å². The van der Waals surface area contributed by atoms with Gasteiger partial charge in [-0.25, -0.2) is 4.79 Å². The number of aliphatic hydroxyl groups excluding tert-OH is 2. The molecule has 160 valence electrons. The van der Waals surface area contributed by atoms with Crippen molar-refractivity contribution in [2.75, 3.05) is 20.3 Å². The van der Waals surface area contributed by atoms with Crippen molar-refractivity contribution >= 4 is 6.09 Å². The summed E-state index contributed by atoms with van der Waals surface area (Å²) in [4.78, 5) is 12.2. The number of nitrogens with zero attached hydrogens (tertiary/aromatic N) is 2. The Kier molecular flexibility index (Phi) is 6.11. The molecule has 0 spiro atoms. The van der Waals surface area contributed by atoms with E-state index < -0.39 is 18.3 Å². The zero-order valence-electron chi connectivity index (χ0n) is 16.9. The summed E-state index contributed by atoms with van der Waals surface area (Å²) in [6.45, 7) is -0.0337. The molecule has 0 aliphatic heterocycles. The van der Waals surface area contributed by atoms with Crippen molar-refractivity contribution in [2.45, 2.75) is 18.1 Å². The normalized spacial score (nSPS) is 14.3. The molecule has 1 amide bonds. The number of amides is 1. The van der Waals surface area contributed by atoms with Gasteiger partial charge in [0, 0.05) is 18.5 Å². The molecular formula is C23H23N3O5. The van der Waals surface area contributed by atoms with Crippen LogP contribution in [0.15, 0.2) is 60.7 Å². The maximum atomic E-state index is 12.2. The second-order valence-electron chi connectivity index (χ2n) is 7.22. The van der Waals surface area contributed by atoms with Crippen LogP contribution in [0, 0.1) is 0 Å². The molecule has 31 heavy (non-hydrogen) atoms. The number of aliphatic hydroxyl groups is 2. The quantitative estimate of drug-likeness (QED) is 0.537. The van der Waals surface area contributed by atoms with E-state index in [2.05, 4.69) is 27.6 Å². The molecule has 0 saturated carbocycles. The van der Waals surface area contributed by atoms with E-state index in [1.807, 2.05) is 36.4 Å². The molecule has 0 saturated heterocycles. The van der Waals surface area contributed by atoms with Gasteiger partial charge in [-0.1, -0.05) is 48.5 Å². The number of alkyl carbamates (subject to hydrolysis) is 1. The van der Waals surface area contributed by atoms with Crippen LogP contribution in [0.1, 0.15) is 28.8 Å². The minimum absolute atomic E-state index is 0.0526. The lowest BCUT2D eigenvalue weighted by Crippen LogP contribution is -2.36. The van der Waals surface area contributed by atoms with E-state index in [1.54, 1.807) is 0 Å². The topological polar surface area (TPSA) is 114 Å². The summed E-state index contributed by atoms with van der Waals surface area (Å²) < 4.78 is 10.3. The molecule has 0 fully saturated rings. The second kappa shape index (κ2) is 9.11. The molecule has 3 aromatic rings. The fraction of sp³-hybridized carbons (Fsp3) is 0.261. The predicted octanol–water partition coefficient (Wildman–Crippen LogP) is 2.42. The van der Waals surface area contributed by atoms with Crippen LogP contribution in [0.3, 0.4) is 0 Å². The summed E-state index contributed by atoms with van der Waals surface area (Å²) in [5, 5.41) is 30.4. The fourth-order valence-corrected chi connectivity index (χ4v) is 3.74. The number of hydrogen-bond donors (Lipinski definition) is 3. The predicted molar refractivity (Wildman–Crippen MR) is 113 cm³/mol. The first kappa shape index (κ1) is 20.8. The molecule has 0 bridgehead atoms. The fourth-order valence-electron chi connectivity index (χ4n) is 3.74. The largest absolute Gasteiger partial charge is 0.480 e. The van der Waals surface area contributed by atoms with Gasteiger partial charge in [-0.2, -0.15) is 0 Å². The van der Waals surface area contributed by atoms with E-state index >= 15 is 0 Å². The van der Waals surface area contributed by atoms with Crippen LogP contribution in [-0.4, -0.2) is 52.9 Å². The van der Waals surface area contributed by atoms with Crippen molar-refractivity contribution in [2.24, 2.45) is 0 Å². The maximum absolute atomic E-state index is 12.2. The van der Waals surface area contributed by atoms with E-state index in [4.69, 9.17) is 9.47 Å². The monoisotopic (exact) mass is 421 g/mol. The number of ether oxygens (including phenoxy) is 2. The summed E-state index contributed by atoms with van der Waals surface area (Å²) >= 11 is 0. The number of aromatic nitrogens is 2. The van der Waals surface area contributed by atoms with Crippen LogP contribution in [-0.2, 0) is 4.74 Å². The Balaban J connectivity index is 1.32. The van der Waals surface area contributed by atoms with E-state index in [-0.39, 0.29) is 24.8 Å². The summed E-state index contributed by atoms with van der Waals surface area (Å²) in [6, 6.07) is 19.1. The van der Waals surface area contributed by atoms with Crippen molar-refractivity contribution in [3.05, 3.63) is 77.5 Å². The number of rotatable bonds is 7. The zero-order valence-corrected chi connectivity index (χ0v) is 16.9. The van der Waals surface area contributed by atoms with Gasteiger partial charge in [-0.05, 0) is 28.3 Å². The van der Waals surface area contributed by atoms with Gasteiger partial charge in [0.1, 0.15) is 18.8 Å². The number of hydrogen-bond acceptors (Lipinski definition) is 7. The summed E-state index contributed by atoms with van der Waals surface area (Å²) in [6.07, 6.45) is -3.26. The van der Waals surface area contributed by atoms with Crippen LogP contribution in [0.4, 0.5) is 4.79 Å². The van der Waals surface area contributed by atoms with Crippen LogP contribution in [0.25, 0.3) is 11.1 Å². The average Bonchev–Trinajstić information content (AvgIpc) is 3.14. The Morgan fingerprint density at radius 1 is 1.00 bits per heavy atom. The molecule has 1 aliphatic rings. The van der Waals surface area contributed by atoms with Gasteiger partial charge < -0.3 is 25.0 Å². The molecule has 2 aromatic carbocycles. The third-order valence-corrected chi connectivity index (χ3v) is 5.34. The molecular weight excluding hydrogens is 398 g/mol. The molecule has 4 rings (SSSR count). The Morgan fingerprint density at radius 3 is 2.23 bits per heavy atom. The molecule has 8 heteroatoms. The van der Waals surface area contributed by atoms with Gasteiger partial charge in [0.25, 0.3) is 0 Å². The Hall–Kier alpha value is -3.49. The van der Waals surface area contributed by atoms with E-state index in [9.17, 15) is 15.0 Å². The minimum Gasteiger partial charge on any atom is -0.480 e. The first-order chi connectivity index (χ1) is 15.1. The van der Waals surface area contributed by atoms with Crippen molar-refractivity contribution in [1.29, 1.82) is 0 Å². The van der Waals surface area contributed by atoms with Gasteiger partial charge >= 0.3 is 6.09 Å². The van der Waals surface area contributed by atoms with Crippen molar-refractivity contribution in [3.63, 3.8) is 0 Å². The average molecular weight is 421 g/mol. The lowest BCUT2D eigenvalue weighted by atomic mass is 9.98. The number of carbonyl (C=O) groups is 1. The Morgan fingerprint density at radius 2 is 1.65 bits per heavy atom. The maximum Gasteiger partial charge on any atom is 0.407 e. The van der Waals surface area contributed by atoms with Crippen LogP contribution >= 0.6 is 0 Å². The second-order valence-corrected chi connectivity index (χ2v) is 7.22. The van der Waals surface area contributed by atoms with E-state index in [1.165, 1.54) is 19.2 Å². The van der Waals surface area contributed by atoms with Gasteiger partial charge in [0.2, 0.25) is 5.88 Å². The SMILES string of the molecule is COc1ccc(C(O)C(O)CNC(=O)OCC2c3ccccc3-c3ccccc32)nn1. The Labute approximate surface area is 179 Å². The Bertz CT molecular complexity index is 1010. The third kappa shape index (κ3) is 4.35. The van der Waals surface area contributed by atoms with Gasteiger partial charge in [0.05, 0.1) is 12.8 Å². The highest BCUT2D eigenvalue weighted by Crippen LogP contribution is 2.44. The molecule has 1 aromatic heterocycles. The van der Waals surface area contributed by atoms with Crippen molar-refractivity contribution in [3.8, 4) is 17.0 Å².